The normalized spacial score (nSPS) is 10.8. The fraction of sp³-hybridized carbons (Fsp3) is 0.333. The highest BCUT2D eigenvalue weighted by atomic mass is 35.5. The van der Waals surface area contributed by atoms with Gasteiger partial charge in [-0.1, -0.05) is 24.3 Å². The van der Waals surface area contributed by atoms with E-state index in [0.717, 1.165) is 23.6 Å². The Kier molecular flexibility index (Phi) is 9.24. The van der Waals surface area contributed by atoms with E-state index < -0.39 is 4.92 Å². The lowest BCUT2D eigenvalue weighted by Crippen LogP contribution is -2.33. The smallest absolute Gasteiger partial charge is 0.270 e. The summed E-state index contributed by atoms with van der Waals surface area (Å²) in [5.74, 6) is 0.821. The van der Waals surface area contributed by atoms with E-state index in [-0.39, 0.29) is 24.0 Å². The molecule has 3 aromatic rings. The molecule has 31 heavy (non-hydrogen) atoms. The van der Waals surface area contributed by atoms with Gasteiger partial charge < -0.3 is 4.90 Å². The van der Waals surface area contributed by atoms with Crippen molar-refractivity contribution in [2.24, 2.45) is 0 Å². The summed E-state index contributed by atoms with van der Waals surface area (Å²) in [6.45, 7) is 3.43. The topological polar surface area (TPSA) is 79.6 Å². The molecule has 166 valence electrons. The van der Waals surface area contributed by atoms with Crippen LogP contribution >= 0.6 is 35.5 Å². The van der Waals surface area contributed by atoms with Gasteiger partial charge in [-0.2, -0.15) is 0 Å². The zero-order chi connectivity index (χ0) is 21.7. The largest absolute Gasteiger partial charge is 0.309 e. The third-order valence-electron chi connectivity index (χ3n) is 4.43. The molecule has 0 aliphatic carbocycles. The molecule has 10 heteroatoms. The Balaban J connectivity index is 0.00000341. The number of nitro groups is 1. The van der Waals surface area contributed by atoms with Crippen LogP contribution in [0.25, 0.3) is 10.2 Å². The van der Waals surface area contributed by atoms with Crippen molar-refractivity contribution in [2.75, 3.05) is 37.8 Å². The summed E-state index contributed by atoms with van der Waals surface area (Å²) >= 11 is 2.99. The van der Waals surface area contributed by atoms with Crippen molar-refractivity contribution >= 4 is 62.4 Å². The standard InChI is InChI=1S/C21H24N4O3S2.ClH/c1-4-29-17-8-5-7-15(13-17)20(26)24(12-6-11-23(2)3)21-22-18-10-9-16(25(27)28)14-19(18)30-21;/h5,7-10,13-14H,4,6,11-12H2,1-3H3;1H. The van der Waals surface area contributed by atoms with Crippen LogP contribution in [0.3, 0.4) is 0 Å². The number of carbonyl (C=O) groups is 1. The summed E-state index contributed by atoms with van der Waals surface area (Å²) in [6.07, 6.45) is 0.790. The number of thiazole rings is 1. The van der Waals surface area contributed by atoms with Crippen LogP contribution in [0.1, 0.15) is 23.7 Å². The number of halogens is 1. The molecule has 1 aromatic heterocycles. The highest BCUT2D eigenvalue weighted by Crippen LogP contribution is 2.32. The highest BCUT2D eigenvalue weighted by Gasteiger charge is 2.22. The van der Waals surface area contributed by atoms with E-state index in [1.807, 2.05) is 38.4 Å². The molecule has 0 aliphatic rings. The number of amides is 1. The first-order valence-electron chi connectivity index (χ1n) is 9.63. The first kappa shape index (κ1) is 25.1. The summed E-state index contributed by atoms with van der Waals surface area (Å²) in [5.41, 5.74) is 1.29. The molecule has 0 bridgehead atoms. The summed E-state index contributed by atoms with van der Waals surface area (Å²) in [5, 5.41) is 11.6. The molecule has 1 heterocycles. The molecule has 0 radical (unpaired) electrons. The Hall–Kier alpha value is -2.20. The van der Waals surface area contributed by atoms with E-state index in [0.29, 0.717) is 27.5 Å². The molecule has 0 fully saturated rings. The van der Waals surface area contributed by atoms with Crippen molar-refractivity contribution in [2.45, 2.75) is 18.2 Å². The maximum Gasteiger partial charge on any atom is 0.270 e. The fourth-order valence-electron chi connectivity index (χ4n) is 3.00. The van der Waals surface area contributed by atoms with Crippen molar-refractivity contribution in [1.29, 1.82) is 0 Å². The van der Waals surface area contributed by atoms with Crippen molar-refractivity contribution < 1.29 is 9.72 Å². The molecule has 0 saturated heterocycles. The minimum Gasteiger partial charge on any atom is -0.309 e. The molecular formula is C21H25ClN4O3S2. The fourth-order valence-corrected chi connectivity index (χ4v) is 4.74. The Morgan fingerprint density at radius 2 is 1.97 bits per heavy atom. The second-order valence-corrected chi connectivity index (χ2v) is 9.33. The number of thioether (sulfide) groups is 1. The average molecular weight is 481 g/mol. The third kappa shape index (κ3) is 6.39. The number of benzene rings is 2. The van der Waals surface area contributed by atoms with Gasteiger partial charge in [0.15, 0.2) is 5.13 Å². The van der Waals surface area contributed by atoms with Gasteiger partial charge in [0.1, 0.15) is 0 Å². The van der Waals surface area contributed by atoms with Crippen LogP contribution < -0.4 is 4.90 Å². The van der Waals surface area contributed by atoms with Gasteiger partial charge in [-0.3, -0.25) is 19.8 Å². The van der Waals surface area contributed by atoms with E-state index in [1.54, 1.807) is 22.7 Å². The molecule has 0 atom stereocenters. The van der Waals surface area contributed by atoms with Gasteiger partial charge in [0, 0.05) is 29.1 Å². The Morgan fingerprint density at radius 3 is 2.65 bits per heavy atom. The van der Waals surface area contributed by atoms with E-state index in [2.05, 4.69) is 16.8 Å². The summed E-state index contributed by atoms with van der Waals surface area (Å²) in [6, 6.07) is 12.2. The number of rotatable bonds is 9. The second kappa shape index (κ2) is 11.4. The zero-order valence-corrected chi connectivity index (χ0v) is 20.1. The molecule has 0 spiro atoms. The van der Waals surface area contributed by atoms with Crippen LogP contribution in [0.2, 0.25) is 0 Å². The van der Waals surface area contributed by atoms with Crippen molar-refractivity contribution in [1.82, 2.24) is 9.88 Å². The predicted octanol–water partition coefficient (Wildman–Crippen LogP) is 5.34. The van der Waals surface area contributed by atoms with Gasteiger partial charge in [-0.25, -0.2) is 4.98 Å². The third-order valence-corrected chi connectivity index (χ3v) is 6.34. The minimum absolute atomic E-state index is 0. The van der Waals surface area contributed by atoms with Gasteiger partial charge in [0.25, 0.3) is 11.6 Å². The average Bonchev–Trinajstić information content (AvgIpc) is 3.14. The van der Waals surface area contributed by atoms with Gasteiger partial charge in [-0.15, -0.1) is 24.2 Å². The molecular weight excluding hydrogens is 456 g/mol. The molecule has 0 unspecified atom stereocenters. The summed E-state index contributed by atoms with van der Waals surface area (Å²) < 4.78 is 0.694. The van der Waals surface area contributed by atoms with Gasteiger partial charge in [0.05, 0.1) is 15.1 Å². The van der Waals surface area contributed by atoms with Gasteiger partial charge >= 0.3 is 0 Å². The highest BCUT2D eigenvalue weighted by molar-refractivity contribution is 7.99. The van der Waals surface area contributed by atoms with Crippen LogP contribution in [0.15, 0.2) is 47.4 Å². The number of fused-ring (bicyclic) bond motifs is 1. The summed E-state index contributed by atoms with van der Waals surface area (Å²) in [4.78, 5) is 33.5. The van der Waals surface area contributed by atoms with Gasteiger partial charge in [0.2, 0.25) is 0 Å². The van der Waals surface area contributed by atoms with Crippen molar-refractivity contribution in [3.8, 4) is 0 Å². The number of nitro benzene ring substituents is 1. The number of aromatic nitrogens is 1. The first-order valence-corrected chi connectivity index (χ1v) is 11.4. The number of nitrogens with zero attached hydrogens (tertiary/aromatic N) is 4. The molecule has 0 aliphatic heterocycles. The molecule has 3 rings (SSSR count). The second-order valence-electron chi connectivity index (χ2n) is 6.98. The zero-order valence-electron chi connectivity index (χ0n) is 17.6. The number of carbonyl (C=O) groups excluding carboxylic acids is 1. The van der Waals surface area contributed by atoms with Crippen LogP contribution in [0.4, 0.5) is 10.8 Å². The lowest BCUT2D eigenvalue weighted by Gasteiger charge is -2.21. The molecule has 1 amide bonds. The number of non-ortho nitro benzene ring substituents is 1. The van der Waals surface area contributed by atoms with Gasteiger partial charge in [-0.05, 0) is 57.1 Å². The minimum atomic E-state index is -0.421. The van der Waals surface area contributed by atoms with E-state index in [9.17, 15) is 14.9 Å². The van der Waals surface area contributed by atoms with Crippen LogP contribution in [-0.4, -0.2) is 53.7 Å². The lowest BCUT2D eigenvalue weighted by atomic mass is 10.2. The maximum absolute atomic E-state index is 13.4. The number of hydrogen-bond donors (Lipinski definition) is 0. The molecule has 0 N–H and O–H groups in total. The quantitative estimate of drug-likeness (QED) is 0.234. The Labute approximate surface area is 196 Å². The molecule has 7 nitrogen and oxygen atoms in total. The van der Waals surface area contributed by atoms with E-state index in [1.165, 1.54) is 23.5 Å². The van der Waals surface area contributed by atoms with E-state index in [4.69, 9.17) is 0 Å². The number of anilines is 1. The lowest BCUT2D eigenvalue weighted by molar-refractivity contribution is -0.384. The monoisotopic (exact) mass is 480 g/mol. The van der Waals surface area contributed by atoms with E-state index >= 15 is 0 Å². The first-order chi connectivity index (χ1) is 14.4. The molecule has 0 saturated carbocycles. The number of hydrogen-bond acceptors (Lipinski definition) is 7. The van der Waals surface area contributed by atoms with Crippen molar-refractivity contribution in [3.05, 3.63) is 58.1 Å². The van der Waals surface area contributed by atoms with Crippen LogP contribution in [-0.2, 0) is 0 Å². The van der Waals surface area contributed by atoms with Crippen molar-refractivity contribution in [3.63, 3.8) is 0 Å². The van der Waals surface area contributed by atoms with Crippen LogP contribution in [0, 0.1) is 10.1 Å². The molecule has 2 aromatic carbocycles. The Bertz CT molecular complexity index is 1060. The SMILES string of the molecule is CCSc1cccc(C(=O)N(CCCN(C)C)c2nc3ccc([N+](=O)[O-])cc3s2)c1.Cl. The maximum atomic E-state index is 13.4. The van der Waals surface area contributed by atoms with Crippen LogP contribution in [0.5, 0.6) is 0 Å². The predicted molar refractivity (Wildman–Crippen MR) is 131 cm³/mol. The Morgan fingerprint density at radius 1 is 1.19 bits per heavy atom. The summed E-state index contributed by atoms with van der Waals surface area (Å²) in [7, 11) is 3.99.